The van der Waals surface area contributed by atoms with Crippen LogP contribution >= 0.6 is 0 Å². The smallest absolute Gasteiger partial charge is 0.453 e. The van der Waals surface area contributed by atoms with E-state index in [4.69, 9.17) is 13.9 Å². The van der Waals surface area contributed by atoms with Crippen molar-refractivity contribution in [3.63, 3.8) is 0 Å². The van der Waals surface area contributed by atoms with Crippen LogP contribution in [0.4, 0.5) is 13.2 Å². The molecule has 0 fully saturated rings. The molecule has 0 aliphatic carbocycles. The Bertz CT molecular complexity index is 1310. The van der Waals surface area contributed by atoms with E-state index in [0.717, 1.165) is 10.8 Å². The minimum absolute atomic E-state index is 0.00330. The number of benzene rings is 3. The van der Waals surface area contributed by atoms with Crippen molar-refractivity contribution in [1.82, 2.24) is 0 Å². The van der Waals surface area contributed by atoms with Gasteiger partial charge in [-0.25, -0.2) is 0 Å². The molecule has 0 bridgehead atoms. The second kappa shape index (κ2) is 7.40. The molecule has 4 nitrogen and oxygen atoms in total. The molecule has 0 unspecified atom stereocenters. The van der Waals surface area contributed by atoms with E-state index < -0.39 is 23.1 Å². The average molecular weight is 414 g/mol. The maximum absolute atomic E-state index is 13.7. The molecule has 7 heteroatoms. The Labute approximate surface area is 169 Å². The summed E-state index contributed by atoms with van der Waals surface area (Å²) in [6.07, 6.45) is -4.39. The van der Waals surface area contributed by atoms with Gasteiger partial charge in [-0.2, -0.15) is 13.2 Å². The number of methoxy groups -OCH3 is 1. The molecule has 0 atom stereocenters. The highest BCUT2D eigenvalue weighted by molar-refractivity contribution is 5.84. The molecule has 4 aromatic rings. The summed E-state index contributed by atoms with van der Waals surface area (Å²) in [5.74, 6) is -1.92. The topological polar surface area (TPSA) is 48.7 Å². The van der Waals surface area contributed by atoms with Gasteiger partial charge < -0.3 is 13.9 Å². The zero-order chi connectivity index (χ0) is 21.5. The molecule has 0 aliphatic rings. The number of halogens is 3. The van der Waals surface area contributed by atoms with Crippen LogP contribution in [0.2, 0.25) is 0 Å². The Morgan fingerprint density at radius 2 is 1.73 bits per heavy atom. The summed E-state index contributed by atoms with van der Waals surface area (Å²) in [5.41, 5.74) is -0.435. The van der Waals surface area contributed by atoms with E-state index in [-0.39, 0.29) is 16.7 Å². The van der Waals surface area contributed by atoms with Gasteiger partial charge in [-0.1, -0.05) is 37.3 Å². The highest BCUT2D eigenvalue weighted by Gasteiger charge is 2.40. The molecule has 3 aromatic carbocycles. The lowest BCUT2D eigenvalue weighted by Gasteiger charge is -2.15. The van der Waals surface area contributed by atoms with Crippen LogP contribution in [-0.4, -0.2) is 7.11 Å². The molecule has 0 amide bonds. The monoisotopic (exact) mass is 414 g/mol. The van der Waals surface area contributed by atoms with Crippen LogP contribution in [0.25, 0.3) is 21.7 Å². The summed E-state index contributed by atoms with van der Waals surface area (Å²) in [5, 5.41) is 1.66. The Kier molecular flexibility index (Phi) is 4.89. The summed E-state index contributed by atoms with van der Waals surface area (Å²) < 4.78 is 56.9. The number of hydrogen-bond donors (Lipinski definition) is 0. The summed E-state index contributed by atoms with van der Waals surface area (Å²) in [6.45, 7) is 1.85. The molecule has 4 rings (SSSR count). The third-order valence-electron chi connectivity index (χ3n) is 4.83. The van der Waals surface area contributed by atoms with Crippen molar-refractivity contribution < 1.29 is 27.1 Å². The van der Waals surface area contributed by atoms with E-state index in [1.54, 1.807) is 24.3 Å². The second-order valence-electron chi connectivity index (χ2n) is 6.71. The lowest BCUT2D eigenvalue weighted by atomic mass is 10.1. The van der Waals surface area contributed by atoms with Crippen LogP contribution in [0.1, 0.15) is 18.2 Å². The normalized spacial score (nSPS) is 11.8. The maximum Gasteiger partial charge on any atom is 0.453 e. The SMILES string of the molecule is CCc1cc2c(=O)c(Oc3ccc4ccccc4c3)c(C(F)(F)F)oc2cc1OC. The van der Waals surface area contributed by atoms with E-state index in [0.29, 0.717) is 17.7 Å². The largest absolute Gasteiger partial charge is 0.496 e. The summed E-state index contributed by atoms with van der Waals surface area (Å²) in [6, 6.07) is 14.9. The van der Waals surface area contributed by atoms with Crippen molar-refractivity contribution >= 4 is 21.7 Å². The first-order chi connectivity index (χ1) is 14.3. The van der Waals surface area contributed by atoms with E-state index >= 15 is 0 Å². The number of hydrogen-bond acceptors (Lipinski definition) is 4. The van der Waals surface area contributed by atoms with Crippen molar-refractivity contribution in [2.45, 2.75) is 19.5 Å². The third-order valence-corrected chi connectivity index (χ3v) is 4.83. The molecule has 30 heavy (non-hydrogen) atoms. The number of aryl methyl sites for hydroxylation is 1. The van der Waals surface area contributed by atoms with E-state index in [1.165, 1.54) is 25.3 Å². The van der Waals surface area contributed by atoms with Crippen LogP contribution in [-0.2, 0) is 12.6 Å². The average Bonchev–Trinajstić information content (AvgIpc) is 2.73. The molecule has 0 saturated carbocycles. The molecule has 0 radical (unpaired) electrons. The van der Waals surface area contributed by atoms with Gasteiger partial charge in [-0.05, 0) is 41.0 Å². The predicted octanol–water partition coefficient (Wildman–Crippen LogP) is 6.33. The van der Waals surface area contributed by atoms with Gasteiger partial charge in [0.15, 0.2) is 0 Å². The van der Waals surface area contributed by atoms with Gasteiger partial charge in [0.1, 0.15) is 17.1 Å². The van der Waals surface area contributed by atoms with Gasteiger partial charge in [0, 0.05) is 6.07 Å². The maximum atomic E-state index is 13.7. The van der Waals surface area contributed by atoms with Crippen molar-refractivity contribution in [3.05, 3.63) is 76.1 Å². The molecule has 154 valence electrons. The molecule has 1 heterocycles. The standard InChI is InChI=1S/C23H17F3O4/c1-3-13-11-17-19(12-18(13)28-2)30-22(23(24,25)26)21(20(17)27)29-16-9-8-14-6-4-5-7-15(14)10-16/h4-12H,3H2,1-2H3. The summed E-state index contributed by atoms with van der Waals surface area (Å²) >= 11 is 0. The Hall–Kier alpha value is -3.48. The zero-order valence-corrected chi connectivity index (χ0v) is 16.2. The van der Waals surface area contributed by atoms with Crippen LogP contribution < -0.4 is 14.9 Å². The second-order valence-corrected chi connectivity index (χ2v) is 6.71. The highest BCUT2D eigenvalue weighted by Crippen LogP contribution is 2.39. The molecule has 0 spiro atoms. The van der Waals surface area contributed by atoms with Crippen molar-refractivity contribution in [3.8, 4) is 17.2 Å². The minimum Gasteiger partial charge on any atom is -0.496 e. The number of alkyl halides is 3. The van der Waals surface area contributed by atoms with Gasteiger partial charge in [0.2, 0.25) is 11.2 Å². The fourth-order valence-corrected chi connectivity index (χ4v) is 3.34. The van der Waals surface area contributed by atoms with Crippen molar-refractivity contribution in [1.29, 1.82) is 0 Å². The van der Waals surface area contributed by atoms with Gasteiger partial charge in [0.05, 0.1) is 12.5 Å². The first-order valence-electron chi connectivity index (χ1n) is 9.23. The minimum atomic E-state index is -4.92. The quantitative estimate of drug-likeness (QED) is 0.392. The zero-order valence-electron chi connectivity index (χ0n) is 16.2. The van der Waals surface area contributed by atoms with E-state index in [9.17, 15) is 18.0 Å². The molecule has 0 saturated heterocycles. The van der Waals surface area contributed by atoms with Crippen molar-refractivity contribution in [2.24, 2.45) is 0 Å². The van der Waals surface area contributed by atoms with Crippen LogP contribution in [0.15, 0.2) is 63.8 Å². The molecule has 1 aromatic heterocycles. The fourth-order valence-electron chi connectivity index (χ4n) is 3.34. The van der Waals surface area contributed by atoms with Gasteiger partial charge >= 0.3 is 6.18 Å². The van der Waals surface area contributed by atoms with Crippen LogP contribution in [0, 0.1) is 0 Å². The number of fused-ring (bicyclic) bond motifs is 2. The van der Waals surface area contributed by atoms with Gasteiger partial charge in [-0.3, -0.25) is 4.79 Å². The molecular weight excluding hydrogens is 397 g/mol. The number of ether oxygens (including phenoxy) is 2. The third kappa shape index (κ3) is 3.47. The lowest BCUT2D eigenvalue weighted by Crippen LogP contribution is -2.15. The van der Waals surface area contributed by atoms with Gasteiger partial charge in [-0.15, -0.1) is 0 Å². The van der Waals surface area contributed by atoms with Crippen LogP contribution in [0.3, 0.4) is 0 Å². The summed E-state index contributed by atoms with van der Waals surface area (Å²) in [4.78, 5) is 13.0. The molecule has 0 N–H and O–H groups in total. The Morgan fingerprint density at radius 3 is 2.40 bits per heavy atom. The van der Waals surface area contributed by atoms with Gasteiger partial charge in [0.25, 0.3) is 5.76 Å². The first-order valence-corrected chi connectivity index (χ1v) is 9.23. The summed E-state index contributed by atoms with van der Waals surface area (Å²) in [7, 11) is 1.40. The Morgan fingerprint density at radius 1 is 1.00 bits per heavy atom. The van der Waals surface area contributed by atoms with E-state index in [2.05, 4.69) is 0 Å². The fraction of sp³-hybridized carbons (Fsp3) is 0.174. The highest BCUT2D eigenvalue weighted by atomic mass is 19.4. The first kappa shape index (κ1) is 19.8. The predicted molar refractivity (Wildman–Crippen MR) is 107 cm³/mol. The van der Waals surface area contributed by atoms with Crippen molar-refractivity contribution in [2.75, 3.05) is 7.11 Å². The molecule has 0 aliphatic heterocycles. The number of rotatable bonds is 4. The van der Waals surface area contributed by atoms with Crippen LogP contribution in [0.5, 0.6) is 17.2 Å². The lowest BCUT2D eigenvalue weighted by molar-refractivity contribution is -0.154. The molecular formula is C23H17F3O4. The van der Waals surface area contributed by atoms with E-state index in [1.807, 2.05) is 19.1 Å². The Balaban J connectivity index is 1.94.